The molecule has 0 aliphatic carbocycles. The number of benzene rings is 1. The Morgan fingerprint density at radius 1 is 1.00 bits per heavy atom. The number of rotatable bonds is 2. The van der Waals surface area contributed by atoms with Crippen LogP contribution >= 0.6 is 0 Å². The normalized spacial score (nSPS) is 15.4. The highest BCUT2D eigenvalue weighted by molar-refractivity contribution is 5.48. The number of hydrogen-bond donors (Lipinski definition) is 1. The zero-order valence-corrected chi connectivity index (χ0v) is 10.9. The summed E-state index contributed by atoms with van der Waals surface area (Å²) >= 11 is 0. The third kappa shape index (κ3) is 2.64. The first kappa shape index (κ1) is 12.7. The molecule has 104 valence electrons. The molecule has 0 unspecified atom stereocenters. The van der Waals surface area contributed by atoms with Crippen LogP contribution in [-0.2, 0) is 0 Å². The fourth-order valence-corrected chi connectivity index (χ4v) is 2.35. The molecule has 1 fully saturated rings. The number of hydrogen-bond acceptors (Lipinski definition) is 4. The molecule has 0 atom stereocenters. The van der Waals surface area contributed by atoms with Crippen molar-refractivity contribution in [2.24, 2.45) is 0 Å². The van der Waals surface area contributed by atoms with Crippen molar-refractivity contribution in [3.8, 4) is 0 Å². The lowest BCUT2D eigenvalue weighted by atomic mass is 10.2. The highest BCUT2D eigenvalue weighted by Crippen LogP contribution is 2.18. The third-order valence-corrected chi connectivity index (χ3v) is 3.43. The van der Waals surface area contributed by atoms with E-state index in [4.69, 9.17) is 0 Å². The smallest absolute Gasteiger partial charge is 0.252 e. The number of nitrogens with one attached hydrogen (secondary N) is 1. The molecule has 1 saturated heterocycles. The molecule has 1 aromatic heterocycles. The molecule has 0 amide bonds. The van der Waals surface area contributed by atoms with Crippen LogP contribution < -0.4 is 15.4 Å². The maximum Gasteiger partial charge on any atom is 0.252 e. The fraction of sp³-hybridized carbons (Fsp3) is 0.286. The van der Waals surface area contributed by atoms with Crippen LogP contribution in [-0.4, -0.2) is 36.1 Å². The van der Waals surface area contributed by atoms with Gasteiger partial charge in [-0.3, -0.25) is 9.78 Å². The molecular formula is C14H15FN4O. The van der Waals surface area contributed by atoms with E-state index in [0.717, 1.165) is 31.9 Å². The van der Waals surface area contributed by atoms with E-state index in [1.165, 1.54) is 24.4 Å². The first-order valence-corrected chi connectivity index (χ1v) is 6.53. The summed E-state index contributed by atoms with van der Waals surface area (Å²) in [6, 6.07) is 7.91. The first-order chi connectivity index (χ1) is 9.72. The zero-order chi connectivity index (χ0) is 13.9. The van der Waals surface area contributed by atoms with Gasteiger partial charge in [-0.25, -0.2) is 9.37 Å². The molecule has 20 heavy (non-hydrogen) atoms. The van der Waals surface area contributed by atoms with Crippen molar-refractivity contribution in [1.82, 2.24) is 9.97 Å². The van der Waals surface area contributed by atoms with Gasteiger partial charge in [-0.15, -0.1) is 0 Å². The van der Waals surface area contributed by atoms with E-state index in [1.807, 2.05) is 4.90 Å². The lowest BCUT2D eigenvalue weighted by molar-refractivity contribution is 0.623. The van der Waals surface area contributed by atoms with Gasteiger partial charge in [-0.05, 0) is 24.3 Å². The van der Waals surface area contributed by atoms with E-state index < -0.39 is 0 Å². The largest absolute Gasteiger partial charge is 0.368 e. The second kappa shape index (κ2) is 5.32. The predicted molar refractivity (Wildman–Crippen MR) is 75.7 cm³/mol. The lowest BCUT2D eigenvalue weighted by Crippen LogP contribution is -2.47. The van der Waals surface area contributed by atoms with Crippen molar-refractivity contribution in [1.29, 1.82) is 0 Å². The van der Waals surface area contributed by atoms with Gasteiger partial charge in [-0.1, -0.05) is 0 Å². The van der Waals surface area contributed by atoms with E-state index in [2.05, 4.69) is 14.9 Å². The van der Waals surface area contributed by atoms with Crippen LogP contribution in [0.15, 0.2) is 41.3 Å². The summed E-state index contributed by atoms with van der Waals surface area (Å²) in [4.78, 5) is 22.4. The van der Waals surface area contributed by atoms with Gasteiger partial charge in [-0.2, -0.15) is 0 Å². The van der Waals surface area contributed by atoms with Crippen molar-refractivity contribution in [2.75, 3.05) is 36.0 Å². The molecule has 0 bridgehead atoms. The molecule has 0 radical (unpaired) electrons. The summed E-state index contributed by atoms with van der Waals surface area (Å²) in [5.41, 5.74) is 0.872. The Balaban J connectivity index is 1.67. The zero-order valence-electron chi connectivity index (χ0n) is 10.9. The standard InChI is InChI=1S/C14H15FN4O/c15-11-1-3-12(4-2-11)18-7-9-19(10-8-18)14-16-6-5-13(20)17-14/h1-6H,7-10H2,(H,16,17,20). The number of aromatic amines is 1. The molecule has 1 aliphatic heterocycles. The average Bonchev–Trinajstić information content (AvgIpc) is 2.48. The highest BCUT2D eigenvalue weighted by atomic mass is 19.1. The van der Waals surface area contributed by atoms with Gasteiger partial charge in [0.1, 0.15) is 5.82 Å². The van der Waals surface area contributed by atoms with Crippen molar-refractivity contribution in [3.05, 3.63) is 52.7 Å². The molecule has 0 saturated carbocycles. The summed E-state index contributed by atoms with van der Waals surface area (Å²) < 4.78 is 12.9. The topological polar surface area (TPSA) is 52.2 Å². The number of aromatic nitrogens is 2. The van der Waals surface area contributed by atoms with Crippen LogP contribution in [0.5, 0.6) is 0 Å². The van der Waals surface area contributed by atoms with Crippen LogP contribution in [0.25, 0.3) is 0 Å². The van der Waals surface area contributed by atoms with Crippen molar-refractivity contribution in [2.45, 2.75) is 0 Å². The molecule has 2 aromatic rings. The number of H-pyrrole nitrogens is 1. The summed E-state index contributed by atoms with van der Waals surface area (Å²) in [6.45, 7) is 3.16. The molecule has 2 heterocycles. The van der Waals surface area contributed by atoms with Gasteiger partial charge < -0.3 is 9.80 Å². The monoisotopic (exact) mass is 274 g/mol. The molecule has 1 N–H and O–H groups in total. The molecule has 1 aliphatic rings. The molecule has 0 spiro atoms. The van der Waals surface area contributed by atoms with Gasteiger partial charge >= 0.3 is 0 Å². The van der Waals surface area contributed by atoms with Gasteiger partial charge in [0.15, 0.2) is 0 Å². The van der Waals surface area contributed by atoms with E-state index in [0.29, 0.717) is 5.95 Å². The Morgan fingerprint density at radius 2 is 1.65 bits per heavy atom. The fourth-order valence-electron chi connectivity index (χ4n) is 2.35. The Bertz CT molecular complexity index is 632. The van der Waals surface area contributed by atoms with E-state index >= 15 is 0 Å². The third-order valence-electron chi connectivity index (χ3n) is 3.43. The van der Waals surface area contributed by atoms with Crippen LogP contribution in [0.2, 0.25) is 0 Å². The van der Waals surface area contributed by atoms with E-state index in [-0.39, 0.29) is 11.4 Å². The SMILES string of the molecule is O=c1ccnc(N2CCN(c3ccc(F)cc3)CC2)[nH]1. The number of anilines is 2. The minimum atomic E-state index is -0.224. The molecular weight excluding hydrogens is 259 g/mol. The number of halogens is 1. The Hall–Kier alpha value is -2.37. The maximum absolute atomic E-state index is 12.9. The number of piperazine rings is 1. The Morgan fingerprint density at radius 3 is 2.30 bits per heavy atom. The second-order valence-corrected chi connectivity index (χ2v) is 4.71. The van der Waals surface area contributed by atoms with Crippen LogP contribution in [0.1, 0.15) is 0 Å². The number of nitrogens with zero attached hydrogens (tertiary/aromatic N) is 3. The van der Waals surface area contributed by atoms with Crippen molar-refractivity contribution in [3.63, 3.8) is 0 Å². The Labute approximate surface area is 115 Å². The van der Waals surface area contributed by atoms with Crippen LogP contribution in [0.3, 0.4) is 0 Å². The van der Waals surface area contributed by atoms with E-state index in [9.17, 15) is 9.18 Å². The highest BCUT2D eigenvalue weighted by Gasteiger charge is 2.18. The average molecular weight is 274 g/mol. The summed E-state index contributed by atoms with van der Waals surface area (Å²) in [6.07, 6.45) is 1.51. The maximum atomic E-state index is 12.9. The minimum absolute atomic E-state index is 0.143. The predicted octanol–water partition coefficient (Wildman–Crippen LogP) is 1.24. The molecule has 3 rings (SSSR count). The summed E-state index contributed by atoms with van der Waals surface area (Å²) in [5.74, 6) is 0.384. The van der Waals surface area contributed by atoms with Gasteiger partial charge in [0.2, 0.25) is 5.95 Å². The lowest BCUT2D eigenvalue weighted by Gasteiger charge is -2.36. The van der Waals surface area contributed by atoms with Crippen LogP contribution in [0, 0.1) is 5.82 Å². The van der Waals surface area contributed by atoms with Crippen LogP contribution in [0.4, 0.5) is 16.0 Å². The Kier molecular flexibility index (Phi) is 3.37. The first-order valence-electron chi connectivity index (χ1n) is 6.53. The quantitative estimate of drug-likeness (QED) is 0.895. The van der Waals surface area contributed by atoms with Gasteiger partial charge in [0.05, 0.1) is 0 Å². The second-order valence-electron chi connectivity index (χ2n) is 4.71. The molecule has 6 heteroatoms. The molecule has 1 aromatic carbocycles. The molecule has 5 nitrogen and oxygen atoms in total. The van der Waals surface area contributed by atoms with Gasteiger partial charge in [0, 0.05) is 44.1 Å². The summed E-state index contributed by atoms with van der Waals surface area (Å²) in [7, 11) is 0. The van der Waals surface area contributed by atoms with Gasteiger partial charge in [0.25, 0.3) is 5.56 Å². The van der Waals surface area contributed by atoms with Crippen molar-refractivity contribution >= 4 is 11.6 Å². The minimum Gasteiger partial charge on any atom is -0.368 e. The van der Waals surface area contributed by atoms with Crippen molar-refractivity contribution < 1.29 is 4.39 Å². The summed E-state index contributed by atoms with van der Waals surface area (Å²) in [5, 5.41) is 0. The van der Waals surface area contributed by atoms with E-state index in [1.54, 1.807) is 12.1 Å².